The minimum atomic E-state index is 0. The third-order valence-electron chi connectivity index (χ3n) is 4.74. The fourth-order valence-corrected chi connectivity index (χ4v) is 3.18. The maximum absolute atomic E-state index is 3.85. The average molecular weight is 346 g/mol. The van der Waals surface area contributed by atoms with Crippen molar-refractivity contribution < 1.29 is 16.9 Å². The minimum absolute atomic E-state index is 0. The molecule has 0 fully saturated rings. The molecule has 0 rings (SSSR count). The fourth-order valence-electron chi connectivity index (χ4n) is 3.18. The molecule has 0 aromatic rings. The summed E-state index contributed by atoms with van der Waals surface area (Å²) in [5, 5.41) is 0. The molecule has 1 nitrogen and oxygen atoms in total. The van der Waals surface area contributed by atoms with Crippen LogP contribution in [0.4, 0.5) is 0 Å². The van der Waals surface area contributed by atoms with Crippen molar-refractivity contribution in [3.8, 4) is 0 Å². The molecule has 0 spiro atoms. The van der Waals surface area contributed by atoms with Crippen molar-refractivity contribution in [2.75, 3.05) is 27.2 Å². The Bertz CT molecular complexity index is 238. The Kier molecular flexibility index (Phi) is 20.1. The zero-order valence-electron chi connectivity index (χ0n) is 16.4. The highest BCUT2D eigenvalue weighted by Crippen LogP contribution is 2.13. The van der Waals surface area contributed by atoms with Gasteiger partial charge in [0, 0.05) is 0 Å². The van der Waals surface area contributed by atoms with E-state index in [-0.39, 0.29) is 12.4 Å². The topological polar surface area (TPSA) is 0 Å². The van der Waals surface area contributed by atoms with E-state index in [1.54, 1.807) is 0 Å². The summed E-state index contributed by atoms with van der Waals surface area (Å²) in [6.07, 6.45) is 22.2. The van der Waals surface area contributed by atoms with Gasteiger partial charge in [-0.2, -0.15) is 0 Å². The van der Waals surface area contributed by atoms with Crippen LogP contribution in [0.1, 0.15) is 96.8 Å². The maximum Gasteiger partial charge on any atom is 0.0966 e. The quantitative estimate of drug-likeness (QED) is 0.214. The van der Waals surface area contributed by atoms with E-state index in [9.17, 15) is 0 Å². The summed E-state index contributed by atoms with van der Waals surface area (Å²) in [6, 6.07) is 0. The van der Waals surface area contributed by atoms with Gasteiger partial charge in [0.05, 0.1) is 27.2 Å². The SMILES string of the molecule is C=CC[N+](C)(C)CCCCCCCCCCCCCCCC.[Cl-]. The molecule has 0 aliphatic heterocycles. The molecule has 23 heavy (non-hydrogen) atoms. The largest absolute Gasteiger partial charge is 1.00 e. The van der Waals surface area contributed by atoms with Gasteiger partial charge < -0.3 is 16.9 Å². The van der Waals surface area contributed by atoms with Gasteiger partial charge in [0.25, 0.3) is 0 Å². The molecule has 0 amide bonds. The van der Waals surface area contributed by atoms with Gasteiger partial charge in [-0.1, -0.05) is 90.6 Å². The molecule has 0 bridgehead atoms. The van der Waals surface area contributed by atoms with Crippen molar-refractivity contribution in [2.45, 2.75) is 96.8 Å². The zero-order valence-corrected chi connectivity index (χ0v) is 17.2. The number of hydrogen-bond donors (Lipinski definition) is 0. The molecule has 0 heterocycles. The van der Waals surface area contributed by atoms with Gasteiger partial charge in [0.1, 0.15) is 0 Å². The van der Waals surface area contributed by atoms with Crippen molar-refractivity contribution in [2.24, 2.45) is 0 Å². The lowest BCUT2D eigenvalue weighted by atomic mass is 10.0. The second-order valence-corrected chi connectivity index (χ2v) is 7.73. The Morgan fingerprint density at radius 1 is 0.652 bits per heavy atom. The molecular weight excluding hydrogens is 302 g/mol. The molecule has 0 saturated carbocycles. The smallest absolute Gasteiger partial charge is 0.0966 e. The molecule has 0 aliphatic rings. The molecule has 0 aliphatic carbocycles. The van der Waals surface area contributed by atoms with Crippen molar-refractivity contribution in [3.05, 3.63) is 12.7 Å². The minimum Gasteiger partial charge on any atom is -1.00 e. The number of likely N-dealkylation sites (N-methyl/N-ethyl adjacent to an activating group) is 1. The monoisotopic (exact) mass is 345 g/mol. The molecule has 0 saturated heterocycles. The summed E-state index contributed by atoms with van der Waals surface area (Å²) < 4.78 is 1.10. The molecule has 0 N–H and O–H groups in total. The summed E-state index contributed by atoms with van der Waals surface area (Å²) in [7, 11) is 4.62. The highest BCUT2D eigenvalue weighted by Gasteiger charge is 2.10. The number of nitrogens with zero attached hydrogens (tertiary/aromatic N) is 1. The lowest BCUT2D eigenvalue weighted by Gasteiger charge is -2.28. The second-order valence-electron chi connectivity index (χ2n) is 7.73. The number of quaternary nitrogens is 1. The van der Waals surface area contributed by atoms with Crippen LogP contribution in [0.3, 0.4) is 0 Å². The number of rotatable bonds is 17. The van der Waals surface area contributed by atoms with Crippen molar-refractivity contribution >= 4 is 0 Å². The summed E-state index contributed by atoms with van der Waals surface area (Å²) in [6.45, 7) is 8.53. The molecular formula is C21H44ClN. The van der Waals surface area contributed by atoms with Crippen molar-refractivity contribution in [1.82, 2.24) is 0 Å². The molecule has 140 valence electrons. The predicted octanol–water partition coefficient (Wildman–Crippen LogP) is 3.73. The average Bonchev–Trinajstić information content (AvgIpc) is 2.47. The first-order valence-corrected chi connectivity index (χ1v) is 10.1. The van der Waals surface area contributed by atoms with Crippen molar-refractivity contribution in [3.63, 3.8) is 0 Å². The zero-order chi connectivity index (χ0) is 16.5. The van der Waals surface area contributed by atoms with Gasteiger partial charge in [-0.3, -0.25) is 0 Å². The molecule has 0 aromatic carbocycles. The highest BCUT2D eigenvalue weighted by molar-refractivity contribution is 4.64. The van der Waals surface area contributed by atoms with Gasteiger partial charge in [-0.25, -0.2) is 0 Å². The fraction of sp³-hybridized carbons (Fsp3) is 0.905. The first-order valence-electron chi connectivity index (χ1n) is 10.1. The van der Waals surface area contributed by atoms with Crippen LogP contribution in [0.5, 0.6) is 0 Å². The standard InChI is InChI=1S/C21H44N.ClH/c1-5-7-8-9-10-11-12-13-14-15-16-17-18-19-21-22(3,4)20-6-2;/h6H,2,5,7-21H2,1,3-4H3;1H/q+1;/p-1. The Labute approximate surface area is 153 Å². The lowest BCUT2D eigenvalue weighted by molar-refractivity contribution is -0.884. The van der Waals surface area contributed by atoms with Crippen LogP contribution < -0.4 is 12.4 Å². The van der Waals surface area contributed by atoms with E-state index in [2.05, 4.69) is 27.6 Å². The Balaban J connectivity index is 0. The number of hydrogen-bond acceptors (Lipinski definition) is 0. The number of halogens is 1. The molecule has 0 unspecified atom stereocenters. The van der Waals surface area contributed by atoms with Crippen molar-refractivity contribution in [1.29, 1.82) is 0 Å². The summed E-state index contributed by atoms with van der Waals surface area (Å²) in [5.41, 5.74) is 0. The van der Waals surface area contributed by atoms with Crippen LogP contribution >= 0.6 is 0 Å². The number of unbranched alkanes of at least 4 members (excludes halogenated alkanes) is 13. The van der Waals surface area contributed by atoms with Crippen LogP contribution in [-0.4, -0.2) is 31.7 Å². The summed E-state index contributed by atoms with van der Waals surface area (Å²) >= 11 is 0. The second kappa shape index (κ2) is 18.3. The van der Waals surface area contributed by atoms with E-state index in [0.29, 0.717) is 0 Å². The normalized spacial score (nSPS) is 11.3. The van der Waals surface area contributed by atoms with Crippen LogP contribution in [0, 0.1) is 0 Å². The predicted molar refractivity (Wildman–Crippen MR) is 102 cm³/mol. The van der Waals surface area contributed by atoms with Gasteiger partial charge >= 0.3 is 0 Å². The van der Waals surface area contributed by atoms with E-state index in [1.165, 1.54) is 96.4 Å². The molecule has 0 atom stereocenters. The molecule has 0 aromatic heterocycles. The third kappa shape index (κ3) is 19.9. The van der Waals surface area contributed by atoms with E-state index >= 15 is 0 Å². The van der Waals surface area contributed by atoms with E-state index in [1.807, 2.05) is 6.08 Å². The summed E-state index contributed by atoms with van der Waals surface area (Å²) in [5.74, 6) is 0. The van der Waals surface area contributed by atoms with Gasteiger partial charge in [-0.05, 0) is 18.9 Å². The third-order valence-corrected chi connectivity index (χ3v) is 4.74. The van der Waals surface area contributed by atoms with E-state index in [4.69, 9.17) is 0 Å². The van der Waals surface area contributed by atoms with Gasteiger partial charge in [0.15, 0.2) is 0 Å². The van der Waals surface area contributed by atoms with Gasteiger partial charge in [-0.15, -0.1) is 0 Å². The van der Waals surface area contributed by atoms with Crippen LogP contribution in [0.25, 0.3) is 0 Å². The van der Waals surface area contributed by atoms with Crippen LogP contribution in [-0.2, 0) is 0 Å². The van der Waals surface area contributed by atoms with E-state index < -0.39 is 0 Å². The Morgan fingerprint density at radius 2 is 1.00 bits per heavy atom. The highest BCUT2D eigenvalue weighted by atomic mass is 35.5. The Hall–Kier alpha value is -0.0100. The summed E-state index contributed by atoms with van der Waals surface area (Å²) in [4.78, 5) is 0. The lowest BCUT2D eigenvalue weighted by Crippen LogP contribution is -3.00. The van der Waals surface area contributed by atoms with Gasteiger partial charge in [0.2, 0.25) is 0 Å². The first kappa shape index (κ1) is 25.2. The molecule has 2 heteroatoms. The molecule has 0 radical (unpaired) electrons. The first-order chi connectivity index (χ1) is 10.6. The Morgan fingerprint density at radius 3 is 1.35 bits per heavy atom. The maximum atomic E-state index is 3.85. The van der Waals surface area contributed by atoms with E-state index in [0.717, 1.165) is 11.0 Å². The van der Waals surface area contributed by atoms with Crippen LogP contribution in [0.15, 0.2) is 12.7 Å². The van der Waals surface area contributed by atoms with Crippen LogP contribution in [0.2, 0.25) is 0 Å².